The van der Waals surface area contributed by atoms with Gasteiger partial charge in [0.1, 0.15) is 4.83 Å². The molecule has 0 spiro atoms. The smallest absolute Gasteiger partial charge is 0.281 e. The van der Waals surface area contributed by atoms with Crippen LogP contribution in [0.25, 0.3) is 10.2 Å². The Bertz CT molecular complexity index is 1290. The summed E-state index contributed by atoms with van der Waals surface area (Å²) in [5.41, 5.74) is 2.89. The molecule has 34 heavy (non-hydrogen) atoms. The highest BCUT2D eigenvalue weighted by Crippen LogP contribution is 2.31. The average molecular weight is 502 g/mol. The lowest BCUT2D eigenvalue weighted by Crippen LogP contribution is -2.38. The molecule has 3 rings (SSSR count). The Morgan fingerprint density at radius 3 is 2.47 bits per heavy atom. The molecule has 0 fully saturated rings. The number of anilines is 1. The SMILES string of the molecule is CC[C@H](Sc1nc2sc(C(=O)Nc3ccc(C)cc3C)c(C)c2c(=O)n1N)C(=O)N(CC)CC. The molecule has 2 heterocycles. The fourth-order valence-electron chi connectivity index (χ4n) is 3.78. The molecular formula is C24H31N5O3S2. The van der Waals surface area contributed by atoms with Gasteiger partial charge in [0.05, 0.1) is 15.5 Å². The lowest BCUT2D eigenvalue weighted by atomic mass is 10.1. The monoisotopic (exact) mass is 501 g/mol. The van der Waals surface area contributed by atoms with Gasteiger partial charge in [-0.15, -0.1) is 11.3 Å². The van der Waals surface area contributed by atoms with Crippen molar-refractivity contribution >= 4 is 50.8 Å². The van der Waals surface area contributed by atoms with Gasteiger partial charge < -0.3 is 16.1 Å². The van der Waals surface area contributed by atoms with Gasteiger partial charge in [0.2, 0.25) is 5.91 Å². The number of nitrogens with one attached hydrogen (secondary N) is 1. The van der Waals surface area contributed by atoms with Gasteiger partial charge in [-0.1, -0.05) is 36.4 Å². The predicted octanol–water partition coefficient (Wildman–Crippen LogP) is 4.09. The van der Waals surface area contributed by atoms with Gasteiger partial charge in [-0.05, 0) is 58.2 Å². The first-order valence-corrected chi connectivity index (χ1v) is 13.0. The normalized spacial score (nSPS) is 12.1. The Labute approximate surface area is 207 Å². The third-order valence-electron chi connectivity index (χ3n) is 5.77. The molecule has 0 radical (unpaired) electrons. The van der Waals surface area contributed by atoms with Crippen molar-refractivity contribution in [1.82, 2.24) is 14.6 Å². The number of thioether (sulfide) groups is 1. The van der Waals surface area contributed by atoms with Crippen LogP contribution in [0.4, 0.5) is 5.69 Å². The van der Waals surface area contributed by atoms with Crippen molar-refractivity contribution in [3.05, 3.63) is 50.1 Å². The summed E-state index contributed by atoms with van der Waals surface area (Å²) in [6, 6.07) is 5.79. The first kappa shape index (κ1) is 25.8. The van der Waals surface area contributed by atoms with Crippen LogP contribution in [-0.2, 0) is 4.79 Å². The summed E-state index contributed by atoms with van der Waals surface area (Å²) in [7, 11) is 0. The Kier molecular flexibility index (Phi) is 8.04. The van der Waals surface area contributed by atoms with Gasteiger partial charge in [0.25, 0.3) is 11.5 Å². The van der Waals surface area contributed by atoms with Crippen LogP contribution in [0.15, 0.2) is 28.2 Å². The number of thiophene rings is 1. The van der Waals surface area contributed by atoms with Crippen LogP contribution >= 0.6 is 23.1 Å². The van der Waals surface area contributed by atoms with E-state index in [0.29, 0.717) is 45.9 Å². The topological polar surface area (TPSA) is 110 Å². The minimum Gasteiger partial charge on any atom is -0.342 e. The molecule has 182 valence electrons. The summed E-state index contributed by atoms with van der Waals surface area (Å²) in [6.07, 6.45) is 0.570. The lowest BCUT2D eigenvalue weighted by molar-refractivity contribution is -0.130. The van der Waals surface area contributed by atoms with Gasteiger partial charge in [0.15, 0.2) is 5.16 Å². The fraction of sp³-hybridized carbons (Fsp3) is 0.417. The molecule has 0 aliphatic carbocycles. The Morgan fingerprint density at radius 1 is 1.21 bits per heavy atom. The number of nitrogens with two attached hydrogens (primary N) is 1. The number of amides is 2. The fourth-order valence-corrected chi connectivity index (χ4v) is 5.92. The molecule has 10 heteroatoms. The number of nitrogens with zero attached hydrogens (tertiary/aromatic N) is 3. The predicted molar refractivity (Wildman–Crippen MR) is 141 cm³/mol. The third-order valence-corrected chi connectivity index (χ3v) is 8.27. The second kappa shape index (κ2) is 10.6. The van der Waals surface area contributed by atoms with Crippen LogP contribution in [0.1, 0.15) is 53.6 Å². The molecule has 2 aromatic heterocycles. The molecule has 0 aliphatic heterocycles. The van der Waals surface area contributed by atoms with Gasteiger partial charge in [-0.25, -0.2) is 9.66 Å². The maximum Gasteiger partial charge on any atom is 0.281 e. The molecular weight excluding hydrogens is 470 g/mol. The minimum atomic E-state index is -0.433. The van der Waals surface area contributed by atoms with Crippen molar-refractivity contribution in [1.29, 1.82) is 0 Å². The van der Waals surface area contributed by atoms with Crippen LogP contribution < -0.4 is 16.7 Å². The summed E-state index contributed by atoms with van der Waals surface area (Å²) in [5.74, 6) is 5.80. The molecule has 0 aliphatic rings. The second-order valence-electron chi connectivity index (χ2n) is 8.10. The van der Waals surface area contributed by atoms with Crippen LogP contribution in [0, 0.1) is 20.8 Å². The molecule has 0 unspecified atom stereocenters. The maximum atomic E-state index is 13.1. The number of benzene rings is 1. The summed E-state index contributed by atoms with van der Waals surface area (Å²) in [6.45, 7) is 12.7. The van der Waals surface area contributed by atoms with Crippen molar-refractivity contribution in [2.75, 3.05) is 24.2 Å². The van der Waals surface area contributed by atoms with Gasteiger partial charge in [0, 0.05) is 18.8 Å². The first-order valence-electron chi connectivity index (χ1n) is 11.3. The minimum absolute atomic E-state index is 0.0114. The van der Waals surface area contributed by atoms with Crippen molar-refractivity contribution in [2.45, 2.75) is 58.4 Å². The molecule has 0 saturated heterocycles. The van der Waals surface area contributed by atoms with Crippen molar-refractivity contribution in [3.63, 3.8) is 0 Å². The first-order chi connectivity index (χ1) is 16.1. The molecule has 2 amide bonds. The molecule has 3 N–H and O–H groups in total. The van der Waals surface area contributed by atoms with Crippen LogP contribution in [-0.4, -0.2) is 44.7 Å². The summed E-state index contributed by atoms with van der Waals surface area (Å²) in [5, 5.41) is 3.11. The number of carbonyl (C=O) groups is 2. The van der Waals surface area contributed by atoms with Crippen molar-refractivity contribution in [3.8, 4) is 0 Å². The quantitative estimate of drug-likeness (QED) is 0.273. The second-order valence-corrected chi connectivity index (χ2v) is 10.3. The van der Waals surface area contributed by atoms with E-state index in [2.05, 4.69) is 10.3 Å². The van der Waals surface area contributed by atoms with E-state index in [1.807, 2.05) is 52.8 Å². The highest BCUT2D eigenvalue weighted by molar-refractivity contribution is 8.00. The van der Waals surface area contributed by atoms with Crippen LogP contribution in [0.3, 0.4) is 0 Å². The Morgan fingerprint density at radius 2 is 1.88 bits per heavy atom. The van der Waals surface area contributed by atoms with Crippen molar-refractivity contribution < 1.29 is 9.59 Å². The highest BCUT2D eigenvalue weighted by atomic mass is 32.2. The van der Waals surface area contributed by atoms with E-state index in [-0.39, 0.29) is 17.0 Å². The summed E-state index contributed by atoms with van der Waals surface area (Å²) >= 11 is 2.34. The van der Waals surface area contributed by atoms with Gasteiger partial charge >= 0.3 is 0 Å². The van der Waals surface area contributed by atoms with E-state index in [0.717, 1.165) is 27.1 Å². The van der Waals surface area contributed by atoms with E-state index in [9.17, 15) is 14.4 Å². The average Bonchev–Trinajstić information content (AvgIpc) is 3.14. The molecule has 1 aromatic carbocycles. The largest absolute Gasteiger partial charge is 0.342 e. The molecule has 0 saturated carbocycles. The maximum absolute atomic E-state index is 13.1. The number of carbonyl (C=O) groups excluding carboxylic acids is 2. The van der Waals surface area contributed by atoms with E-state index in [4.69, 9.17) is 5.84 Å². The number of nitrogen functional groups attached to an aromatic ring is 1. The van der Waals surface area contributed by atoms with Gasteiger partial charge in [-0.3, -0.25) is 14.4 Å². The summed E-state index contributed by atoms with van der Waals surface area (Å²) in [4.78, 5) is 46.2. The van der Waals surface area contributed by atoms with E-state index >= 15 is 0 Å². The zero-order chi connectivity index (χ0) is 25.2. The molecule has 3 aromatic rings. The Balaban J connectivity index is 1.97. The van der Waals surface area contributed by atoms with Gasteiger partial charge in [-0.2, -0.15) is 0 Å². The number of rotatable bonds is 8. The number of hydrogen-bond donors (Lipinski definition) is 2. The van der Waals surface area contributed by atoms with Crippen LogP contribution in [0.5, 0.6) is 0 Å². The zero-order valence-electron chi connectivity index (χ0n) is 20.4. The number of fused-ring (bicyclic) bond motifs is 1. The van der Waals surface area contributed by atoms with Crippen molar-refractivity contribution in [2.24, 2.45) is 0 Å². The Hall–Kier alpha value is -2.85. The van der Waals surface area contributed by atoms with E-state index < -0.39 is 10.8 Å². The number of hydrogen-bond acceptors (Lipinski definition) is 7. The third kappa shape index (κ3) is 4.97. The zero-order valence-corrected chi connectivity index (χ0v) is 22.0. The number of aryl methyl sites for hydroxylation is 3. The molecule has 0 bridgehead atoms. The lowest BCUT2D eigenvalue weighted by Gasteiger charge is -2.24. The highest BCUT2D eigenvalue weighted by Gasteiger charge is 2.26. The van der Waals surface area contributed by atoms with Crippen LogP contribution in [0.2, 0.25) is 0 Å². The van der Waals surface area contributed by atoms with E-state index in [1.165, 1.54) is 11.8 Å². The molecule has 8 nitrogen and oxygen atoms in total. The number of aromatic nitrogens is 2. The molecule has 1 atom stereocenters. The van der Waals surface area contributed by atoms with E-state index in [1.54, 1.807) is 11.8 Å². The summed E-state index contributed by atoms with van der Waals surface area (Å²) < 4.78 is 0.983. The standard InChI is InChI=1S/C24H31N5O3S2/c1-7-17(22(31)28(8-2)9-3)33-24-27-21-18(23(32)29(24)25)15(6)19(34-21)20(30)26-16-11-10-13(4)12-14(16)5/h10-12,17H,7-9,25H2,1-6H3,(H,26,30)/t17-/m0/s1.